The molecule has 0 radical (unpaired) electrons. The summed E-state index contributed by atoms with van der Waals surface area (Å²) in [6.45, 7) is 2.91. The highest BCUT2D eigenvalue weighted by atomic mass is 35.5. The molecule has 0 atom stereocenters. The molecular formula is C19H28ClN. The maximum atomic E-state index is 5.99. The van der Waals surface area contributed by atoms with E-state index >= 15 is 0 Å². The molecule has 1 nitrogen and oxygen atoms in total. The third kappa shape index (κ3) is 5.01. The molecule has 0 fully saturated rings. The van der Waals surface area contributed by atoms with Crippen molar-refractivity contribution in [3.8, 4) is 0 Å². The highest BCUT2D eigenvalue weighted by Crippen LogP contribution is 2.23. The SMILES string of the molecule is CCCCCCCCc1ccc2ccccc2c1CN.Cl. The lowest BCUT2D eigenvalue weighted by Gasteiger charge is -2.11. The summed E-state index contributed by atoms with van der Waals surface area (Å²) in [7, 11) is 0. The molecule has 21 heavy (non-hydrogen) atoms. The number of hydrogen-bond acceptors (Lipinski definition) is 1. The molecule has 2 aromatic rings. The molecule has 0 aromatic heterocycles. The molecule has 2 rings (SSSR count). The van der Waals surface area contributed by atoms with Gasteiger partial charge >= 0.3 is 0 Å². The van der Waals surface area contributed by atoms with E-state index in [2.05, 4.69) is 43.3 Å². The highest BCUT2D eigenvalue weighted by Gasteiger charge is 2.05. The normalized spacial score (nSPS) is 10.6. The van der Waals surface area contributed by atoms with Gasteiger partial charge in [0, 0.05) is 6.54 Å². The number of hydrogen-bond donors (Lipinski definition) is 1. The Balaban J connectivity index is 0.00000220. The molecular weight excluding hydrogens is 278 g/mol. The Morgan fingerprint density at radius 1 is 0.857 bits per heavy atom. The topological polar surface area (TPSA) is 26.0 Å². The van der Waals surface area contributed by atoms with Gasteiger partial charge in [0.25, 0.3) is 0 Å². The van der Waals surface area contributed by atoms with Crippen molar-refractivity contribution in [2.24, 2.45) is 5.73 Å². The maximum absolute atomic E-state index is 5.99. The van der Waals surface area contributed by atoms with E-state index in [1.165, 1.54) is 66.8 Å². The summed E-state index contributed by atoms with van der Waals surface area (Å²) in [6, 6.07) is 13.1. The van der Waals surface area contributed by atoms with Crippen LogP contribution in [0.2, 0.25) is 0 Å². The van der Waals surface area contributed by atoms with Gasteiger partial charge in [-0.1, -0.05) is 75.4 Å². The van der Waals surface area contributed by atoms with Crippen molar-refractivity contribution >= 4 is 23.2 Å². The quantitative estimate of drug-likeness (QED) is 0.629. The largest absolute Gasteiger partial charge is 0.326 e. The van der Waals surface area contributed by atoms with Gasteiger partial charge in [0.1, 0.15) is 0 Å². The fraction of sp³-hybridized carbons (Fsp3) is 0.474. The van der Waals surface area contributed by atoms with Crippen molar-refractivity contribution in [3.05, 3.63) is 47.5 Å². The zero-order valence-corrected chi connectivity index (χ0v) is 13.9. The third-order valence-electron chi connectivity index (χ3n) is 4.14. The minimum Gasteiger partial charge on any atom is -0.326 e. The van der Waals surface area contributed by atoms with Crippen molar-refractivity contribution in [2.45, 2.75) is 58.4 Å². The molecule has 0 aliphatic carbocycles. The lowest BCUT2D eigenvalue weighted by Crippen LogP contribution is -2.03. The molecule has 0 unspecified atom stereocenters. The maximum Gasteiger partial charge on any atom is 0.0187 e. The van der Waals surface area contributed by atoms with Crippen molar-refractivity contribution in [3.63, 3.8) is 0 Å². The number of halogens is 1. The van der Waals surface area contributed by atoms with Crippen LogP contribution in [0.4, 0.5) is 0 Å². The molecule has 2 N–H and O–H groups in total. The van der Waals surface area contributed by atoms with Crippen molar-refractivity contribution in [1.82, 2.24) is 0 Å². The van der Waals surface area contributed by atoms with Gasteiger partial charge in [-0.3, -0.25) is 0 Å². The average Bonchev–Trinajstić information content (AvgIpc) is 2.50. The second kappa shape index (κ2) is 9.81. The van der Waals surface area contributed by atoms with E-state index in [1.54, 1.807) is 0 Å². The first kappa shape index (κ1) is 18.0. The fourth-order valence-corrected chi connectivity index (χ4v) is 2.95. The molecule has 2 heteroatoms. The van der Waals surface area contributed by atoms with E-state index in [4.69, 9.17) is 5.73 Å². The van der Waals surface area contributed by atoms with Crippen LogP contribution >= 0.6 is 12.4 Å². The van der Waals surface area contributed by atoms with Gasteiger partial charge < -0.3 is 5.73 Å². The van der Waals surface area contributed by atoms with Crippen molar-refractivity contribution in [2.75, 3.05) is 0 Å². The number of fused-ring (bicyclic) bond motifs is 1. The summed E-state index contributed by atoms with van der Waals surface area (Å²) in [5.74, 6) is 0. The molecule has 116 valence electrons. The van der Waals surface area contributed by atoms with E-state index in [0.29, 0.717) is 6.54 Å². The van der Waals surface area contributed by atoms with Crippen LogP contribution in [0.5, 0.6) is 0 Å². The molecule has 0 heterocycles. The smallest absolute Gasteiger partial charge is 0.0187 e. The zero-order chi connectivity index (χ0) is 14.2. The fourth-order valence-electron chi connectivity index (χ4n) is 2.95. The third-order valence-corrected chi connectivity index (χ3v) is 4.14. The highest BCUT2D eigenvalue weighted by molar-refractivity contribution is 5.86. The lowest BCUT2D eigenvalue weighted by atomic mass is 9.95. The molecule has 0 saturated carbocycles. The van der Waals surface area contributed by atoms with Crippen LogP contribution in [0, 0.1) is 0 Å². The zero-order valence-electron chi connectivity index (χ0n) is 13.1. The number of benzene rings is 2. The van der Waals surface area contributed by atoms with Crippen molar-refractivity contribution in [1.29, 1.82) is 0 Å². The molecule has 0 aliphatic rings. The molecule has 0 spiro atoms. The summed E-state index contributed by atoms with van der Waals surface area (Å²) in [5.41, 5.74) is 8.78. The summed E-state index contributed by atoms with van der Waals surface area (Å²) in [4.78, 5) is 0. The van der Waals surface area contributed by atoms with Gasteiger partial charge in [0.2, 0.25) is 0 Å². The summed E-state index contributed by atoms with van der Waals surface area (Å²) in [5, 5.41) is 2.64. The van der Waals surface area contributed by atoms with Crippen LogP contribution in [-0.2, 0) is 13.0 Å². The molecule has 2 aromatic carbocycles. The Morgan fingerprint density at radius 2 is 1.57 bits per heavy atom. The minimum absolute atomic E-state index is 0. The molecule has 0 bridgehead atoms. The molecule has 0 amide bonds. The number of unbranched alkanes of at least 4 members (excludes halogenated alkanes) is 5. The average molecular weight is 306 g/mol. The van der Waals surface area contributed by atoms with Crippen LogP contribution < -0.4 is 5.73 Å². The van der Waals surface area contributed by atoms with Crippen LogP contribution in [0.15, 0.2) is 36.4 Å². The molecule has 0 saturated heterocycles. The summed E-state index contributed by atoms with van der Waals surface area (Å²) >= 11 is 0. The predicted molar refractivity (Wildman–Crippen MR) is 96.2 cm³/mol. The number of rotatable bonds is 8. The van der Waals surface area contributed by atoms with E-state index in [0.717, 1.165) is 0 Å². The van der Waals surface area contributed by atoms with Crippen LogP contribution in [0.3, 0.4) is 0 Å². The van der Waals surface area contributed by atoms with Gasteiger partial charge in [0.05, 0.1) is 0 Å². The van der Waals surface area contributed by atoms with Gasteiger partial charge in [-0.2, -0.15) is 0 Å². The monoisotopic (exact) mass is 305 g/mol. The minimum atomic E-state index is 0. The standard InChI is InChI=1S/C19H27N.ClH/c1-2-3-4-5-6-7-10-17-14-13-16-11-8-9-12-18(16)19(17)15-20;/h8-9,11-14H,2-7,10,15,20H2,1H3;1H. The second-order valence-electron chi connectivity index (χ2n) is 5.65. The van der Waals surface area contributed by atoms with E-state index in [-0.39, 0.29) is 12.4 Å². The van der Waals surface area contributed by atoms with Crippen LogP contribution in [-0.4, -0.2) is 0 Å². The Hall–Kier alpha value is -1.05. The first-order valence-electron chi connectivity index (χ1n) is 8.06. The first-order valence-corrected chi connectivity index (χ1v) is 8.06. The predicted octanol–water partition coefficient (Wildman–Crippen LogP) is 5.62. The van der Waals surface area contributed by atoms with Crippen molar-refractivity contribution < 1.29 is 0 Å². The Bertz CT molecular complexity index is 536. The Labute approximate surface area is 135 Å². The van der Waals surface area contributed by atoms with Crippen LogP contribution in [0.25, 0.3) is 10.8 Å². The second-order valence-corrected chi connectivity index (χ2v) is 5.65. The van der Waals surface area contributed by atoms with Gasteiger partial charge in [0.15, 0.2) is 0 Å². The van der Waals surface area contributed by atoms with Gasteiger partial charge in [-0.05, 0) is 34.7 Å². The summed E-state index contributed by atoms with van der Waals surface area (Å²) in [6.07, 6.45) is 9.26. The van der Waals surface area contributed by atoms with E-state index in [9.17, 15) is 0 Å². The van der Waals surface area contributed by atoms with Crippen LogP contribution in [0.1, 0.15) is 56.6 Å². The van der Waals surface area contributed by atoms with E-state index < -0.39 is 0 Å². The molecule has 0 aliphatic heterocycles. The number of nitrogens with two attached hydrogens (primary N) is 1. The lowest BCUT2D eigenvalue weighted by molar-refractivity contribution is 0.607. The van der Waals surface area contributed by atoms with Gasteiger partial charge in [-0.25, -0.2) is 0 Å². The summed E-state index contributed by atoms with van der Waals surface area (Å²) < 4.78 is 0. The Kier molecular flexibility index (Phi) is 8.41. The van der Waals surface area contributed by atoms with E-state index in [1.807, 2.05) is 0 Å². The van der Waals surface area contributed by atoms with Gasteiger partial charge in [-0.15, -0.1) is 12.4 Å². The first-order chi connectivity index (χ1) is 9.86. The number of aryl methyl sites for hydroxylation is 1. The Morgan fingerprint density at radius 3 is 2.33 bits per heavy atom.